The summed E-state index contributed by atoms with van der Waals surface area (Å²) in [5, 5.41) is 9.75. The lowest BCUT2D eigenvalue weighted by molar-refractivity contribution is -0.132. The number of hydrogen-bond donors (Lipinski definition) is 1. The molecular weight excluding hydrogens is 272 g/mol. The molecule has 0 heterocycles. The molecule has 0 aromatic heterocycles. The third-order valence-corrected chi connectivity index (χ3v) is 3.39. The maximum Gasteiger partial charge on any atom is 0.330 e. The van der Waals surface area contributed by atoms with Crippen molar-refractivity contribution >= 4 is 17.6 Å². The van der Waals surface area contributed by atoms with E-state index in [-0.39, 0.29) is 5.92 Å². The van der Waals surface area contributed by atoms with E-state index < -0.39 is 5.97 Å². The summed E-state index contributed by atoms with van der Waals surface area (Å²) in [6.45, 7) is 1.61. The van der Waals surface area contributed by atoms with Gasteiger partial charge in [0.25, 0.3) is 0 Å². The van der Waals surface area contributed by atoms with Gasteiger partial charge in [-0.15, -0.1) is 0 Å². The highest BCUT2D eigenvalue weighted by Gasteiger charge is 2.13. The molecule has 0 bridgehead atoms. The van der Waals surface area contributed by atoms with E-state index in [9.17, 15) is 4.79 Å². The van der Waals surface area contributed by atoms with Crippen LogP contribution in [0, 0.1) is 0 Å². The average Bonchev–Trinajstić information content (AvgIpc) is 2.46. The first-order chi connectivity index (χ1) is 9.58. The Kier molecular flexibility index (Phi) is 4.59. The summed E-state index contributed by atoms with van der Waals surface area (Å²) < 4.78 is 0. The normalized spacial score (nSPS) is 13.0. The monoisotopic (exact) mass is 286 g/mol. The summed E-state index contributed by atoms with van der Waals surface area (Å²) >= 11 is 5.91. The van der Waals surface area contributed by atoms with Crippen LogP contribution in [0.25, 0.3) is 0 Å². The smallest absolute Gasteiger partial charge is 0.330 e. The van der Waals surface area contributed by atoms with Crippen LogP contribution < -0.4 is 0 Å². The minimum absolute atomic E-state index is 0.0930. The SMILES string of the molecule is C/C(=C\C(c1ccccc1)c1ccc(Cl)cc1)C(=O)O. The number of rotatable bonds is 4. The highest BCUT2D eigenvalue weighted by atomic mass is 35.5. The maximum atomic E-state index is 11.1. The van der Waals surface area contributed by atoms with E-state index in [1.54, 1.807) is 13.0 Å². The van der Waals surface area contributed by atoms with Crippen molar-refractivity contribution in [1.29, 1.82) is 0 Å². The minimum Gasteiger partial charge on any atom is -0.478 e. The molecule has 0 amide bonds. The summed E-state index contributed by atoms with van der Waals surface area (Å²) in [7, 11) is 0. The topological polar surface area (TPSA) is 37.3 Å². The van der Waals surface area contributed by atoms with E-state index in [0.29, 0.717) is 10.6 Å². The molecule has 102 valence electrons. The zero-order chi connectivity index (χ0) is 14.5. The summed E-state index contributed by atoms with van der Waals surface area (Å²) in [5.41, 5.74) is 2.39. The van der Waals surface area contributed by atoms with E-state index in [0.717, 1.165) is 11.1 Å². The van der Waals surface area contributed by atoms with E-state index >= 15 is 0 Å². The fourth-order valence-electron chi connectivity index (χ4n) is 2.04. The third-order valence-electron chi connectivity index (χ3n) is 3.14. The van der Waals surface area contributed by atoms with Gasteiger partial charge in [0, 0.05) is 16.5 Å². The summed E-state index contributed by atoms with van der Waals surface area (Å²) in [4.78, 5) is 11.1. The lowest BCUT2D eigenvalue weighted by Crippen LogP contribution is -2.03. The molecule has 1 atom stereocenters. The van der Waals surface area contributed by atoms with Crippen molar-refractivity contribution in [2.45, 2.75) is 12.8 Å². The molecule has 2 aromatic carbocycles. The maximum absolute atomic E-state index is 11.1. The highest BCUT2D eigenvalue weighted by molar-refractivity contribution is 6.30. The molecule has 0 fully saturated rings. The highest BCUT2D eigenvalue weighted by Crippen LogP contribution is 2.28. The first kappa shape index (κ1) is 14.4. The molecule has 3 heteroatoms. The van der Waals surface area contributed by atoms with Gasteiger partial charge >= 0.3 is 5.97 Å². The largest absolute Gasteiger partial charge is 0.478 e. The quantitative estimate of drug-likeness (QED) is 0.840. The Morgan fingerprint density at radius 1 is 1.05 bits per heavy atom. The summed E-state index contributed by atoms with van der Waals surface area (Å²) in [6, 6.07) is 17.3. The second kappa shape index (κ2) is 6.40. The van der Waals surface area contributed by atoms with Gasteiger partial charge in [0.05, 0.1) is 0 Å². The minimum atomic E-state index is -0.903. The zero-order valence-corrected chi connectivity index (χ0v) is 11.8. The van der Waals surface area contributed by atoms with Crippen LogP contribution in [0.3, 0.4) is 0 Å². The summed E-state index contributed by atoms with van der Waals surface area (Å²) in [5.74, 6) is -0.996. The van der Waals surface area contributed by atoms with Crippen molar-refractivity contribution in [1.82, 2.24) is 0 Å². The number of aliphatic carboxylic acids is 1. The van der Waals surface area contributed by atoms with Gasteiger partial charge in [-0.2, -0.15) is 0 Å². The molecule has 0 saturated carbocycles. The lowest BCUT2D eigenvalue weighted by Gasteiger charge is -2.15. The number of carbonyl (C=O) groups is 1. The average molecular weight is 287 g/mol. The molecule has 2 rings (SSSR count). The zero-order valence-electron chi connectivity index (χ0n) is 11.1. The Hall–Kier alpha value is -2.06. The van der Waals surface area contributed by atoms with E-state index in [2.05, 4.69) is 0 Å². The first-order valence-electron chi connectivity index (χ1n) is 6.30. The van der Waals surface area contributed by atoms with Crippen molar-refractivity contribution in [3.8, 4) is 0 Å². The number of carboxylic acids is 1. The van der Waals surface area contributed by atoms with Crippen molar-refractivity contribution in [2.24, 2.45) is 0 Å². The first-order valence-corrected chi connectivity index (χ1v) is 6.68. The Morgan fingerprint density at radius 2 is 1.60 bits per heavy atom. The van der Waals surface area contributed by atoms with Crippen molar-refractivity contribution in [3.63, 3.8) is 0 Å². The Balaban J connectivity index is 2.47. The molecule has 2 aromatic rings. The Morgan fingerprint density at radius 3 is 2.15 bits per heavy atom. The Bertz CT molecular complexity index is 615. The second-order valence-corrected chi connectivity index (χ2v) is 5.03. The van der Waals surface area contributed by atoms with Crippen molar-refractivity contribution in [2.75, 3.05) is 0 Å². The van der Waals surface area contributed by atoms with E-state index in [1.165, 1.54) is 0 Å². The number of benzene rings is 2. The third kappa shape index (κ3) is 3.49. The molecule has 2 nitrogen and oxygen atoms in total. The van der Waals surface area contributed by atoms with Crippen LogP contribution in [0.1, 0.15) is 24.0 Å². The van der Waals surface area contributed by atoms with Gasteiger partial charge in [-0.1, -0.05) is 60.1 Å². The molecule has 0 aliphatic rings. The van der Waals surface area contributed by atoms with Crippen LogP contribution in [0.2, 0.25) is 5.02 Å². The van der Waals surface area contributed by atoms with Crippen LogP contribution >= 0.6 is 11.6 Å². The molecule has 0 radical (unpaired) electrons. The van der Waals surface area contributed by atoms with Gasteiger partial charge < -0.3 is 5.11 Å². The van der Waals surface area contributed by atoms with Crippen LogP contribution in [0.15, 0.2) is 66.2 Å². The summed E-state index contributed by atoms with van der Waals surface area (Å²) in [6.07, 6.45) is 1.76. The number of halogens is 1. The predicted molar refractivity (Wildman–Crippen MR) is 81.1 cm³/mol. The van der Waals surface area contributed by atoms with Gasteiger partial charge in [0.15, 0.2) is 0 Å². The standard InChI is InChI=1S/C17H15ClO2/c1-12(17(19)20)11-16(13-5-3-2-4-6-13)14-7-9-15(18)10-8-14/h2-11,16H,1H3,(H,19,20)/b12-11+. The molecule has 20 heavy (non-hydrogen) atoms. The number of carboxylic acid groups (broad SMARTS) is 1. The fraction of sp³-hybridized carbons (Fsp3) is 0.118. The molecule has 0 aliphatic heterocycles. The molecule has 1 unspecified atom stereocenters. The molecular formula is C17H15ClO2. The van der Waals surface area contributed by atoms with Crippen molar-refractivity contribution < 1.29 is 9.90 Å². The van der Waals surface area contributed by atoms with Gasteiger partial charge in [-0.05, 0) is 30.2 Å². The molecule has 1 N–H and O–H groups in total. The van der Waals surface area contributed by atoms with E-state index in [1.807, 2.05) is 54.6 Å². The van der Waals surface area contributed by atoms with Crippen LogP contribution in [0.5, 0.6) is 0 Å². The molecule has 0 aliphatic carbocycles. The molecule has 0 saturated heterocycles. The van der Waals surface area contributed by atoms with Gasteiger partial charge in [0.2, 0.25) is 0 Å². The van der Waals surface area contributed by atoms with Gasteiger partial charge in [-0.3, -0.25) is 0 Å². The van der Waals surface area contributed by atoms with E-state index in [4.69, 9.17) is 16.7 Å². The number of allylic oxidation sites excluding steroid dienone is 1. The van der Waals surface area contributed by atoms with Crippen LogP contribution in [0.4, 0.5) is 0 Å². The molecule has 0 spiro atoms. The van der Waals surface area contributed by atoms with Crippen LogP contribution in [-0.2, 0) is 4.79 Å². The van der Waals surface area contributed by atoms with Gasteiger partial charge in [0.1, 0.15) is 0 Å². The predicted octanol–water partition coefficient (Wildman–Crippen LogP) is 4.50. The fourth-order valence-corrected chi connectivity index (χ4v) is 2.16. The lowest BCUT2D eigenvalue weighted by atomic mass is 9.89. The second-order valence-electron chi connectivity index (χ2n) is 4.59. The Labute approximate surface area is 123 Å². The van der Waals surface area contributed by atoms with Crippen molar-refractivity contribution in [3.05, 3.63) is 82.4 Å². The number of hydrogen-bond acceptors (Lipinski definition) is 1. The van der Waals surface area contributed by atoms with Gasteiger partial charge in [-0.25, -0.2) is 4.79 Å². The van der Waals surface area contributed by atoms with Crippen LogP contribution in [-0.4, -0.2) is 11.1 Å².